The van der Waals surface area contributed by atoms with Crippen LogP contribution in [0.15, 0.2) is 24.3 Å². The number of nitrogens with zero attached hydrogens (tertiary/aromatic N) is 2. The molecule has 1 fully saturated rings. The van der Waals surface area contributed by atoms with Crippen LogP contribution < -0.4 is 5.32 Å². The molecule has 1 atom stereocenters. The fraction of sp³-hybridized carbons (Fsp3) is 0.385. The van der Waals surface area contributed by atoms with Gasteiger partial charge in [-0.05, 0) is 31.2 Å². The highest BCUT2D eigenvalue weighted by Crippen LogP contribution is 2.15. The lowest BCUT2D eigenvalue weighted by Crippen LogP contribution is -2.35. The Morgan fingerprint density at radius 2 is 2.41 bits per heavy atom. The van der Waals surface area contributed by atoms with Crippen LogP contribution >= 0.6 is 0 Å². The number of amides is 1. The Bertz CT molecular complexity index is 464. The maximum atomic E-state index is 11.9. The van der Waals surface area contributed by atoms with E-state index in [0.717, 1.165) is 18.5 Å². The van der Waals surface area contributed by atoms with Gasteiger partial charge in [0.15, 0.2) is 0 Å². The first-order valence-electron chi connectivity index (χ1n) is 5.69. The van der Waals surface area contributed by atoms with E-state index in [4.69, 9.17) is 5.26 Å². The third-order valence-electron chi connectivity index (χ3n) is 3.08. The Kier molecular flexibility index (Phi) is 3.40. The van der Waals surface area contributed by atoms with Gasteiger partial charge < -0.3 is 10.2 Å². The Morgan fingerprint density at radius 3 is 3.06 bits per heavy atom. The van der Waals surface area contributed by atoms with Crippen molar-refractivity contribution in [2.75, 3.05) is 13.6 Å². The first-order chi connectivity index (χ1) is 8.24. The highest BCUT2D eigenvalue weighted by atomic mass is 16.2. The number of hydrogen-bond donors (Lipinski definition) is 1. The van der Waals surface area contributed by atoms with E-state index in [1.807, 2.05) is 30.1 Å². The average molecular weight is 229 g/mol. The van der Waals surface area contributed by atoms with Crippen LogP contribution in [-0.2, 0) is 11.3 Å². The van der Waals surface area contributed by atoms with Gasteiger partial charge in [-0.1, -0.05) is 12.1 Å². The summed E-state index contributed by atoms with van der Waals surface area (Å²) in [5.41, 5.74) is 1.65. The lowest BCUT2D eigenvalue weighted by atomic mass is 10.1. The Labute approximate surface area is 101 Å². The standard InChI is InChI=1S/C13H15N3O/c1-15-12-5-6-16(13(12)17)9-11-4-2-3-10(7-11)8-14/h2-4,7,12,15H,5-6,9H2,1H3. The number of likely N-dealkylation sites (N-methyl/N-ethyl adjacent to an activating group) is 1. The molecule has 0 saturated carbocycles. The highest BCUT2D eigenvalue weighted by Gasteiger charge is 2.29. The first-order valence-corrected chi connectivity index (χ1v) is 5.69. The van der Waals surface area contributed by atoms with Crippen molar-refractivity contribution in [3.63, 3.8) is 0 Å². The molecule has 0 radical (unpaired) electrons. The molecule has 1 N–H and O–H groups in total. The van der Waals surface area contributed by atoms with Crippen LogP contribution in [0, 0.1) is 11.3 Å². The largest absolute Gasteiger partial charge is 0.337 e. The monoisotopic (exact) mass is 229 g/mol. The highest BCUT2D eigenvalue weighted by molar-refractivity contribution is 5.83. The van der Waals surface area contributed by atoms with Crippen LogP contribution in [0.4, 0.5) is 0 Å². The minimum Gasteiger partial charge on any atom is -0.337 e. The zero-order valence-electron chi connectivity index (χ0n) is 9.81. The van der Waals surface area contributed by atoms with Gasteiger partial charge in [-0.3, -0.25) is 4.79 Å². The predicted molar refractivity (Wildman–Crippen MR) is 64.0 cm³/mol. The van der Waals surface area contributed by atoms with Gasteiger partial charge in [0.1, 0.15) is 0 Å². The number of rotatable bonds is 3. The van der Waals surface area contributed by atoms with Crippen LogP contribution in [-0.4, -0.2) is 30.4 Å². The molecule has 1 aromatic carbocycles. The third kappa shape index (κ3) is 2.45. The van der Waals surface area contributed by atoms with E-state index in [2.05, 4.69) is 11.4 Å². The normalized spacial score (nSPS) is 19.4. The van der Waals surface area contributed by atoms with Crippen molar-refractivity contribution in [3.05, 3.63) is 35.4 Å². The number of carbonyl (C=O) groups is 1. The van der Waals surface area contributed by atoms with Crippen molar-refractivity contribution in [1.82, 2.24) is 10.2 Å². The summed E-state index contributed by atoms with van der Waals surface area (Å²) < 4.78 is 0. The molecule has 4 heteroatoms. The lowest BCUT2D eigenvalue weighted by molar-refractivity contribution is -0.129. The molecule has 1 aliphatic heterocycles. The van der Waals surface area contributed by atoms with E-state index < -0.39 is 0 Å². The number of hydrogen-bond acceptors (Lipinski definition) is 3. The van der Waals surface area contributed by atoms with Crippen molar-refractivity contribution in [1.29, 1.82) is 5.26 Å². The van der Waals surface area contributed by atoms with Crippen LogP contribution in [0.25, 0.3) is 0 Å². The maximum absolute atomic E-state index is 11.9. The maximum Gasteiger partial charge on any atom is 0.240 e. The van der Waals surface area contributed by atoms with Crippen LogP contribution in [0.3, 0.4) is 0 Å². The number of likely N-dealkylation sites (tertiary alicyclic amines) is 1. The lowest BCUT2D eigenvalue weighted by Gasteiger charge is -2.16. The average Bonchev–Trinajstić information content (AvgIpc) is 2.71. The van der Waals surface area contributed by atoms with Gasteiger partial charge in [0, 0.05) is 13.1 Å². The van der Waals surface area contributed by atoms with Crippen molar-refractivity contribution >= 4 is 5.91 Å². The third-order valence-corrected chi connectivity index (χ3v) is 3.08. The Balaban J connectivity index is 2.07. The first kappa shape index (κ1) is 11.6. The number of nitrogens with one attached hydrogen (secondary N) is 1. The van der Waals surface area contributed by atoms with Gasteiger partial charge in [-0.25, -0.2) is 0 Å². The zero-order valence-corrected chi connectivity index (χ0v) is 9.81. The van der Waals surface area contributed by atoms with Crippen LogP contribution in [0.1, 0.15) is 17.5 Å². The van der Waals surface area contributed by atoms with Gasteiger partial charge in [0.05, 0.1) is 17.7 Å². The van der Waals surface area contributed by atoms with Crippen molar-refractivity contribution < 1.29 is 4.79 Å². The van der Waals surface area contributed by atoms with Crippen LogP contribution in [0.2, 0.25) is 0 Å². The summed E-state index contributed by atoms with van der Waals surface area (Å²) in [6, 6.07) is 9.46. The van der Waals surface area contributed by atoms with Gasteiger partial charge in [0.2, 0.25) is 5.91 Å². The molecular weight excluding hydrogens is 214 g/mol. The van der Waals surface area contributed by atoms with E-state index in [1.165, 1.54) is 0 Å². The SMILES string of the molecule is CNC1CCN(Cc2cccc(C#N)c2)C1=O. The summed E-state index contributed by atoms with van der Waals surface area (Å²) in [7, 11) is 1.81. The summed E-state index contributed by atoms with van der Waals surface area (Å²) in [4.78, 5) is 13.7. The minimum absolute atomic E-state index is 0.0471. The summed E-state index contributed by atoms with van der Waals surface area (Å²) in [6.45, 7) is 1.37. The fourth-order valence-corrected chi connectivity index (χ4v) is 2.12. The minimum atomic E-state index is -0.0471. The smallest absolute Gasteiger partial charge is 0.240 e. The molecule has 0 bridgehead atoms. The van der Waals surface area contributed by atoms with Gasteiger partial charge in [-0.2, -0.15) is 5.26 Å². The second-order valence-corrected chi connectivity index (χ2v) is 4.20. The van der Waals surface area contributed by atoms with Crippen LogP contribution in [0.5, 0.6) is 0 Å². The number of nitriles is 1. The fourth-order valence-electron chi connectivity index (χ4n) is 2.12. The molecule has 0 aromatic heterocycles. The Hall–Kier alpha value is -1.86. The number of benzene rings is 1. The molecule has 4 nitrogen and oxygen atoms in total. The van der Waals surface area contributed by atoms with Gasteiger partial charge in [0.25, 0.3) is 0 Å². The summed E-state index contributed by atoms with van der Waals surface area (Å²) >= 11 is 0. The summed E-state index contributed by atoms with van der Waals surface area (Å²) in [5, 5.41) is 11.8. The van der Waals surface area contributed by atoms with E-state index in [0.29, 0.717) is 12.1 Å². The van der Waals surface area contributed by atoms with Crippen molar-refractivity contribution in [2.24, 2.45) is 0 Å². The second-order valence-electron chi connectivity index (χ2n) is 4.20. The molecule has 17 heavy (non-hydrogen) atoms. The molecule has 1 aromatic rings. The molecule has 1 heterocycles. The zero-order chi connectivity index (χ0) is 12.3. The van der Waals surface area contributed by atoms with Crippen molar-refractivity contribution in [2.45, 2.75) is 19.0 Å². The molecule has 1 aliphatic rings. The molecule has 2 rings (SSSR count). The molecule has 1 unspecified atom stereocenters. The summed E-state index contributed by atoms with van der Waals surface area (Å²) in [6.07, 6.45) is 0.854. The van der Waals surface area contributed by atoms with E-state index >= 15 is 0 Å². The molecule has 1 saturated heterocycles. The van der Waals surface area contributed by atoms with E-state index in [9.17, 15) is 4.79 Å². The molecule has 1 amide bonds. The molecule has 0 aliphatic carbocycles. The molecule has 0 spiro atoms. The van der Waals surface area contributed by atoms with E-state index in [1.54, 1.807) is 6.07 Å². The van der Waals surface area contributed by atoms with Gasteiger partial charge in [-0.15, -0.1) is 0 Å². The second kappa shape index (κ2) is 4.98. The Morgan fingerprint density at radius 1 is 1.59 bits per heavy atom. The summed E-state index contributed by atoms with van der Waals surface area (Å²) in [5.74, 6) is 0.148. The van der Waals surface area contributed by atoms with E-state index in [-0.39, 0.29) is 11.9 Å². The quantitative estimate of drug-likeness (QED) is 0.837. The molecule has 88 valence electrons. The van der Waals surface area contributed by atoms with Gasteiger partial charge >= 0.3 is 0 Å². The number of carbonyl (C=O) groups excluding carboxylic acids is 1. The predicted octanol–water partition coefficient (Wildman–Crippen LogP) is 0.879. The topological polar surface area (TPSA) is 56.1 Å². The molecular formula is C13H15N3O. The van der Waals surface area contributed by atoms with Crippen molar-refractivity contribution in [3.8, 4) is 6.07 Å².